The van der Waals surface area contributed by atoms with Crippen LogP contribution in [0.25, 0.3) is 0 Å². The summed E-state index contributed by atoms with van der Waals surface area (Å²) in [5.41, 5.74) is 5.22. The van der Waals surface area contributed by atoms with E-state index in [0.29, 0.717) is 6.29 Å². The zero-order valence-corrected chi connectivity index (χ0v) is 8.56. The van der Waals surface area contributed by atoms with Crippen molar-refractivity contribution < 1.29 is 14.3 Å². The second-order valence-electron chi connectivity index (χ2n) is 2.80. The summed E-state index contributed by atoms with van der Waals surface area (Å²) in [6.07, 6.45) is 1.53. The summed E-state index contributed by atoms with van der Waals surface area (Å²) in [5, 5.41) is 8.78. The Balaban J connectivity index is 3.38. The molecule has 0 aliphatic rings. The first-order chi connectivity index (χ1) is 7.65. The molecule has 0 amide bonds. The molecule has 82 valence electrons. The number of carbonyl (C=O) groups excluding carboxylic acids is 2. The zero-order valence-electron chi connectivity index (χ0n) is 8.56. The average molecular weight is 219 g/mol. The van der Waals surface area contributed by atoms with Crippen LogP contribution in [-0.4, -0.2) is 23.8 Å². The number of carbonyl (C=O) groups is 2. The lowest BCUT2D eigenvalue weighted by atomic mass is 10.1. The van der Waals surface area contributed by atoms with Gasteiger partial charge in [0.25, 0.3) is 0 Å². The molecule has 2 N–H and O–H groups in total. The lowest BCUT2D eigenvalue weighted by Crippen LogP contribution is -2.13. The van der Waals surface area contributed by atoms with Crippen LogP contribution < -0.4 is 5.73 Å². The first kappa shape index (κ1) is 11.7. The fourth-order valence-corrected chi connectivity index (χ4v) is 1.14. The molecule has 0 aliphatic carbocycles. The van der Waals surface area contributed by atoms with Gasteiger partial charge in [0.15, 0.2) is 6.29 Å². The number of nitrogens with two attached hydrogens (primary N) is 1. The molecular weight excluding hydrogens is 210 g/mol. The minimum atomic E-state index is -0.734. The number of aromatic nitrogens is 1. The number of nitrogen functional groups attached to an aromatic ring is 1. The van der Waals surface area contributed by atoms with Crippen LogP contribution in [0.4, 0.5) is 5.69 Å². The maximum Gasteiger partial charge on any atom is 0.341 e. The maximum absolute atomic E-state index is 11.5. The van der Waals surface area contributed by atoms with Gasteiger partial charge in [0.2, 0.25) is 0 Å². The van der Waals surface area contributed by atoms with Gasteiger partial charge in [0.1, 0.15) is 17.3 Å². The molecule has 6 heteroatoms. The SMILES string of the molecule is CCOC(=O)c1c(C#N)cnc(C=O)c1N. The van der Waals surface area contributed by atoms with Gasteiger partial charge in [-0.2, -0.15) is 5.26 Å². The number of anilines is 1. The maximum atomic E-state index is 11.5. The highest BCUT2D eigenvalue weighted by Crippen LogP contribution is 2.19. The van der Waals surface area contributed by atoms with Gasteiger partial charge in [0, 0.05) is 6.20 Å². The summed E-state index contributed by atoms with van der Waals surface area (Å²) in [7, 11) is 0. The van der Waals surface area contributed by atoms with Crippen molar-refractivity contribution in [3.63, 3.8) is 0 Å². The van der Waals surface area contributed by atoms with Crippen LogP contribution in [0.2, 0.25) is 0 Å². The van der Waals surface area contributed by atoms with E-state index in [1.54, 1.807) is 13.0 Å². The van der Waals surface area contributed by atoms with Gasteiger partial charge < -0.3 is 10.5 Å². The molecule has 0 saturated carbocycles. The molecule has 6 nitrogen and oxygen atoms in total. The van der Waals surface area contributed by atoms with Gasteiger partial charge in [0.05, 0.1) is 17.9 Å². The quantitative estimate of drug-likeness (QED) is 0.586. The molecule has 0 bridgehead atoms. The lowest BCUT2D eigenvalue weighted by molar-refractivity contribution is 0.0527. The normalized spacial score (nSPS) is 9.25. The predicted molar refractivity (Wildman–Crippen MR) is 54.7 cm³/mol. The Morgan fingerprint density at radius 1 is 1.75 bits per heavy atom. The van der Waals surface area contributed by atoms with Crippen LogP contribution >= 0.6 is 0 Å². The monoisotopic (exact) mass is 219 g/mol. The van der Waals surface area contributed by atoms with Crippen LogP contribution in [0.15, 0.2) is 6.20 Å². The number of hydrogen-bond donors (Lipinski definition) is 1. The van der Waals surface area contributed by atoms with E-state index in [2.05, 4.69) is 4.98 Å². The van der Waals surface area contributed by atoms with Crippen molar-refractivity contribution in [3.05, 3.63) is 23.0 Å². The molecule has 0 radical (unpaired) electrons. The number of nitriles is 1. The topological polar surface area (TPSA) is 106 Å². The first-order valence-electron chi connectivity index (χ1n) is 4.46. The Kier molecular flexibility index (Phi) is 3.56. The third-order valence-electron chi connectivity index (χ3n) is 1.86. The smallest absolute Gasteiger partial charge is 0.341 e. The second kappa shape index (κ2) is 4.89. The Labute approximate surface area is 91.6 Å². The molecule has 0 fully saturated rings. The van der Waals surface area contributed by atoms with Gasteiger partial charge in [-0.3, -0.25) is 4.79 Å². The first-order valence-corrected chi connectivity index (χ1v) is 4.46. The Hall–Kier alpha value is -2.42. The van der Waals surface area contributed by atoms with E-state index >= 15 is 0 Å². The van der Waals surface area contributed by atoms with E-state index in [4.69, 9.17) is 15.7 Å². The third-order valence-corrected chi connectivity index (χ3v) is 1.86. The molecule has 1 aromatic rings. The standard InChI is InChI=1S/C10H9N3O3/c1-2-16-10(15)8-6(3-11)4-13-7(5-14)9(8)12/h4-5H,2,12H2,1H3. The highest BCUT2D eigenvalue weighted by molar-refractivity contribution is 6.01. The van der Waals surface area contributed by atoms with Crippen molar-refractivity contribution in [1.29, 1.82) is 5.26 Å². The largest absolute Gasteiger partial charge is 0.462 e. The summed E-state index contributed by atoms with van der Waals surface area (Å²) in [5.74, 6) is -0.734. The predicted octanol–water partition coefficient (Wildman–Crippen LogP) is 0.525. The van der Waals surface area contributed by atoms with E-state index in [9.17, 15) is 9.59 Å². The summed E-state index contributed by atoms with van der Waals surface area (Å²) in [4.78, 5) is 25.7. The number of pyridine rings is 1. The minimum absolute atomic E-state index is 0.0125. The molecule has 1 aromatic heterocycles. The Morgan fingerprint density at radius 3 is 2.94 bits per heavy atom. The highest BCUT2D eigenvalue weighted by Gasteiger charge is 2.19. The van der Waals surface area contributed by atoms with E-state index in [1.807, 2.05) is 0 Å². The van der Waals surface area contributed by atoms with Crippen LogP contribution in [-0.2, 0) is 4.74 Å². The van der Waals surface area contributed by atoms with Crippen molar-refractivity contribution in [2.45, 2.75) is 6.92 Å². The van der Waals surface area contributed by atoms with Crippen LogP contribution in [0.5, 0.6) is 0 Å². The van der Waals surface area contributed by atoms with Crippen LogP contribution in [0.3, 0.4) is 0 Å². The molecule has 0 saturated heterocycles. The van der Waals surface area contributed by atoms with Crippen LogP contribution in [0, 0.1) is 11.3 Å². The van der Waals surface area contributed by atoms with Crippen molar-refractivity contribution >= 4 is 17.9 Å². The van der Waals surface area contributed by atoms with Gasteiger partial charge in [-0.15, -0.1) is 0 Å². The van der Waals surface area contributed by atoms with E-state index < -0.39 is 5.97 Å². The van der Waals surface area contributed by atoms with Gasteiger partial charge in [-0.05, 0) is 6.92 Å². The molecular formula is C10H9N3O3. The van der Waals surface area contributed by atoms with E-state index in [-0.39, 0.29) is 29.1 Å². The molecule has 1 rings (SSSR count). The number of aldehydes is 1. The molecule has 0 atom stereocenters. The number of esters is 1. The number of rotatable bonds is 3. The third kappa shape index (κ3) is 1.98. The number of ether oxygens (including phenoxy) is 1. The average Bonchev–Trinajstić information content (AvgIpc) is 2.28. The summed E-state index contributed by atoms with van der Waals surface area (Å²) in [6, 6.07) is 1.77. The minimum Gasteiger partial charge on any atom is -0.462 e. The molecule has 0 unspecified atom stereocenters. The number of nitrogens with zero attached hydrogens (tertiary/aromatic N) is 2. The van der Waals surface area contributed by atoms with Crippen molar-refractivity contribution in [1.82, 2.24) is 4.98 Å². The van der Waals surface area contributed by atoms with Crippen molar-refractivity contribution in [3.8, 4) is 6.07 Å². The van der Waals surface area contributed by atoms with Crippen LogP contribution in [0.1, 0.15) is 33.3 Å². The Morgan fingerprint density at radius 2 is 2.44 bits per heavy atom. The molecule has 0 aromatic carbocycles. The summed E-state index contributed by atoms with van der Waals surface area (Å²) >= 11 is 0. The zero-order chi connectivity index (χ0) is 12.1. The number of hydrogen-bond acceptors (Lipinski definition) is 6. The summed E-state index contributed by atoms with van der Waals surface area (Å²) in [6.45, 7) is 1.78. The van der Waals surface area contributed by atoms with E-state index in [0.717, 1.165) is 6.20 Å². The van der Waals surface area contributed by atoms with E-state index in [1.165, 1.54) is 0 Å². The van der Waals surface area contributed by atoms with Gasteiger partial charge >= 0.3 is 5.97 Å². The van der Waals surface area contributed by atoms with Gasteiger partial charge in [-0.1, -0.05) is 0 Å². The fourth-order valence-electron chi connectivity index (χ4n) is 1.14. The fraction of sp³-hybridized carbons (Fsp3) is 0.200. The molecule has 0 spiro atoms. The molecule has 0 aliphatic heterocycles. The molecule has 1 heterocycles. The lowest BCUT2D eigenvalue weighted by Gasteiger charge is -2.07. The van der Waals surface area contributed by atoms with Crippen molar-refractivity contribution in [2.24, 2.45) is 0 Å². The summed E-state index contributed by atoms with van der Waals surface area (Å²) < 4.78 is 4.74. The highest BCUT2D eigenvalue weighted by atomic mass is 16.5. The second-order valence-corrected chi connectivity index (χ2v) is 2.80. The Bertz CT molecular complexity index is 477. The van der Waals surface area contributed by atoms with Crippen molar-refractivity contribution in [2.75, 3.05) is 12.3 Å². The van der Waals surface area contributed by atoms with Gasteiger partial charge in [-0.25, -0.2) is 9.78 Å². The molecule has 16 heavy (non-hydrogen) atoms.